The largest absolute Gasteiger partial charge is 0.339 e. The second kappa shape index (κ2) is 5.48. The van der Waals surface area contributed by atoms with Crippen molar-refractivity contribution < 1.29 is 14.4 Å². The van der Waals surface area contributed by atoms with E-state index in [-0.39, 0.29) is 6.04 Å². The summed E-state index contributed by atoms with van der Waals surface area (Å²) in [6, 6.07) is 5.61. The van der Waals surface area contributed by atoms with Crippen LogP contribution in [0.4, 0.5) is 10.5 Å². The molecule has 1 aromatic carbocycles. The summed E-state index contributed by atoms with van der Waals surface area (Å²) in [5.74, 6) is -1.50. The van der Waals surface area contributed by atoms with E-state index in [9.17, 15) is 14.4 Å². The zero-order chi connectivity index (χ0) is 15.0. The molecule has 0 unspecified atom stereocenters. The van der Waals surface area contributed by atoms with Crippen molar-refractivity contribution in [1.29, 1.82) is 0 Å². The third-order valence-electron chi connectivity index (χ3n) is 4.03. The summed E-state index contributed by atoms with van der Waals surface area (Å²) in [6.07, 6.45) is 4.63. The van der Waals surface area contributed by atoms with Crippen LogP contribution in [0.3, 0.4) is 0 Å². The van der Waals surface area contributed by atoms with E-state index in [2.05, 4.69) is 0 Å². The van der Waals surface area contributed by atoms with E-state index in [0.29, 0.717) is 10.7 Å². The fourth-order valence-electron chi connectivity index (χ4n) is 2.96. The molecule has 21 heavy (non-hydrogen) atoms. The van der Waals surface area contributed by atoms with Crippen LogP contribution in [0.2, 0.25) is 5.02 Å². The number of hydrogen-bond donors (Lipinski definition) is 0. The fraction of sp³-hybridized carbons (Fsp3) is 0.400. The first-order chi connectivity index (χ1) is 10.1. The lowest BCUT2D eigenvalue weighted by Crippen LogP contribution is -2.42. The lowest BCUT2D eigenvalue weighted by molar-refractivity contribution is -0.140. The highest BCUT2D eigenvalue weighted by Crippen LogP contribution is 2.30. The Balaban J connectivity index is 1.89. The second-order valence-corrected chi connectivity index (χ2v) is 5.80. The number of benzene rings is 1. The molecule has 2 aliphatic rings. The minimum atomic E-state index is -0.784. The van der Waals surface area contributed by atoms with Gasteiger partial charge in [0.05, 0.1) is 5.69 Å². The van der Waals surface area contributed by atoms with Crippen LogP contribution < -0.4 is 4.90 Å². The Morgan fingerprint density at radius 2 is 1.52 bits per heavy atom. The number of anilines is 1. The lowest BCUT2D eigenvalue weighted by Gasteiger charge is -2.28. The highest BCUT2D eigenvalue weighted by atomic mass is 35.5. The van der Waals surface area contributed by atoms with Crippen LogP contribution in [0.25, 0.3) is 0 Å². The number of hydrogen-bond acceptors (Lipinski definition) is 3. The molecule has 0 radical (unpaired) electrons. The molecule has 0 bridgehead atoms. The zero-order valence-electron chi connectivity index (χ0n) is 11.4. The molecule has 4 amide bonds. The molecule has 1 saturated heterocycles. The smallest absolute Gasteiger partial charge is 0.263 e. The van der Waals surface area contributed by atoms with E-state index in [1.807, 2.05) is 0 Å². The van der Waals surface area contributed by atoms with Crippen molar-refractivity contribution in [3.8, 4) is 0 Å². The van der Waals surface area contributed by atoms with Gasteiger partial charge in [0.25, 0.3) is 0 Å². The summed E-state index contributed by atoms with van der Waals surface area (Å²) in [6.45, 7) is 0. The van der Waals surface area contributed by atoms with Crippen molar-refractivity contribution in [2.45, 2.75) is 38.1 Å². The molecule has 0 spiro atoms. The predicted molar refractivity (Wildman–Crippen MR) is 78.1 cm³/mol. The molecular weight excluding hydrogens is 292 g/mol. The van der Waals surface area contributed by atoms with Crippen molar-refractivity contribution in [1.82, 2.24) is 4.90 Å². The standard InChI is InChI=1S/C15H15ClN2O3/c16-10-6-8-12(9-7-10)18-14(20)13(19)17(15(18)21)11-4-2-1-3-5-11/h6-9,11H,1-5H2. The number of imide groups is 2. The van der Waals surface area contributed by atoms with Crippen molar-refractivity contribution in [2.24, 2.45) is 0 Å². The van der Waals surface area contributed by atoms with E-state index in [1.165, 1.54) is 0 Å². The molecule has 1 aliphatic heterocycles. The average molecular weight is 307 g/mol. The van der Waals surface area contributed by atoms with Gasteiger partial charge in [-0.25, -0.2) is 9.69 Å². The topological polar surface area (TPSA) is 57.7 Å². The third kappa shape index (κ3) is 2.42. The fourth-order valence-corrected chi connectivity index (χ4v) is 3.09. The van der Waals surface area contributed by atoms with Crippen LogP contribution in [0.1, 0.15) is 32.1 Å². The summed E-state index contributed by atoms with van der Waals surface area (Å²) >= 11 is 5.80. The van der Waals surface area contributed by atoms with E-state index in [1.54, 1.807) is 24.3 Å². The number of amides is 4. The molecule has 1 aliphatic carbocycles. The molecule has 1 saturated carbocycles. The van der Waals surface area contributed by atoms with E-state index < -0.39 is 17.8 Å². The number of rotatable bonds is 2. The Morgan fingerprint density at radius 1 is 0.905 bits per heavy atom. The Hall–Kier alpha value is -1.88. The predicted octanol–water partition coefficient (Wildman–Crippen LogP) is 2.97. The summed E-state index contributed by atoms with van der Waals surface area (Å²) in [7, 11) is 0. The third-order valence-corrected chi connectivity index (χ3v) is 4.28. The van der Waals surface area contributed by atoms with Crippen LogP contribution in [0.5, 0.6) is 0 Å². The van der Waals surface area contributed by atoms with Gasteiger partial charge in [-0.15, -0.1) is 0 Å². The number of halogens is 1. The molecular formula is C15H15ClN2O3. The SMILES string of the molecule is O=C1C(=O)N(C2CCCCC2)C(=O)N1c1ccc(Cl)cc1. The highest BCUT2D eigenvalue weighted by molar-refractivity contribution is 6.52. The van der Waals surface area contributed by atoms with Crippen molar-refractivity contribution in [2.75, 3.05) is 4.90 Å². The number of carbonyl (C=O) groups is 3. The Morgan fingerprint density at radius 3 is 2.14 bits per heavy atom. The Bertz CT molecular complexity index is 593. The zero-order valence-corrected chi connectivity index (χ0v) is 12.2. The number of nitrogens with zero attached hydrogens (tertiary/aromatic N) is 2. The van der Waals surface area contributed by atoms with Gasteiger partial charge >= 0.3 is 17.8 Å². The molecule has 110 valence electrons. The van der Waals surface area contributed by atoms with Gasteiger partial charge in [-0.05, 0) is 37.1 Å². The molecule has 0 N–H and O–H groups in total. The average Bonchev–Trinajstić information content (AvgIpc) is 2.72. The van der Waals surface area contributed by atoms with Crippen molar-refractivity contribution in [3.05, 3.63) is 29.3 Å². The highest BCUT2D eigenvalue weighted by Gasteiger charge is 2.48. The van der Waals surface area contributed by atoms with Crippen LogP contribution in [-0.2, 0) is 9.59 Å². The first-order valence-electron chi connectivity index (χ1n) is 7.07. The van der Waals surface area contributed by atoms with Gasteiger partial charge in [-0.3, -0.25) is 14.5 Å². The minimum absolute atomic E-state index is 0.153. The normalized spacial score (nSPS) is 20.5. The van der Waals surface area contributed by atoms with E-state index >= 15 is 0 Å². The summed E-state index contributed by atoms with van der Waals surface area (Å²) in [5.41, 5.74) is 0.376. The van der Waals surface area contributed by atoms with Crippen molar-refractivity contribution >= 4 is 35.1 Å². The molecule has 5 nitrogen and oxygen atoms in total. The molecule has 0 atom stereocenters. The summed E-state index contributed by atoms with van der Waals surface area (Å²) < 4.78 is 0. The van der Waals surface area contributed by atoms with Crippen LogP contribution >= 0.6 is 11.6 Å². The Kier molecular flexibility index (Phi) is 3.68. The summed E-state index contributed by atoms with van der Waals surface area (Å²) in [4.78, 5) is 38.8. The maximum Gasteiger partial charge on any atom is 0.339 e. The van der Waals surface area contributed by atoms with Crippen LogP contribution in [0.15, 0.2) is 24.3 Å². The van der Waals surface area contributed by atoms with E-state index in [0.717, 1.165) is 41.9 Å². The molecule has 0 aromatic heterocycles. The van der Waals surface area contributed by atoms with Gasteiger partial charge in [0.1, 0.15) is 0 Å². The second-order valence-electron chi connectivity index (χ2n) is 5.37. The Labute approximate surface area is 127 Å². The first kappa shape index (κ1) is 14.1. The summed E-state index contributed by atoms with van der Waals surface area (Å²) in [5, 5.41) is 0.508. The maximum absolute atomic E-state index is 12.5. The molecule has 1 aromatic rings. The van der Waals surface area contributed by atoms with Crippen LogP contribution in [-0.4, -0.2) is 28.8 Å². The van der Waals surface area contributed by atoms with Gasteiger partial charge in [-0.2, -0.15) is 0 Å². The molecule has 6 heteroatoms. The number of carbonyl (C=O) groups excluding carboxylic acids is 3. The first-order valence-corrected chi connectivity index (χ1v) is 7.44. The van der Waals surface area contributed by atoms with Crippen LogP contribution in [0, 0.1) is 0 Å². The van der Waals surface area contributed by atoms with Gasteiger partial charge in [0.2, 0.25) is 0 Å². The monoisotopic (exact) mass is 306 g/mol. The van der Waals surface area contributed by atoms with E-state index in [4.69, 9.17) is 11.6 Å². The van der Waals surface area contributed by atoms with Crippen molar-refractivity contribution in [3.63, 3.8) is 0 Å². The van der Waals surface area contributed by atoms with Gasteiger partial charge < -0.3 is 0 Å². The lowest BCUT2D eigenvalue weighted by atomic mass is 9.94. The molecule has 2 fully saturated rings. The molecule has 1 heterocycles. The van der Waals surface area contributed by atoms with Gasteiger partial charge in [0, 0.05) is 11.1 Å². The van der Waals surface area contributed by atoms with Gasteiger partial charge in [0.15, 0.2) is 0 Å². The molecule has 3 rings (SSSR count). The quantitative estimate of drug-likeness (QED) is 0.623. The number of urea groups is 1. The van der Waals surface area contributed by atoms with Gasteiger partial charge in [-0.1, -0.05) is 30.9 Å². The maximum atomic E-state index is 12.5. The minimum Gasteiger partial charge on any atom is -0.263 e.